The number of nitrogens with zero attached hydrogens (tertiary/aromatic N) is 1. The average Bonchev–Trinajstić information content (AvgIpc) is 2.51. The normalized spacial score (nSPS) is 27.6. The van der Waals surface area contributed by atoms with Gasteiger partial charge in [-0.1, -0.05) is 19.3 Å². The van der Waals surface area contributed by atoms with Crippen LogP contribution >= 0.6 is 20.1 Å². The number of alkyl halides is 1. The van der Waals surface area contributed by atoms with E-state index < -0.39 is 8.53 Å². The van der Waals surface area contributed by atoms with Crippen molar-refractivity contribution < 1.29 is 9.42 Å². The number of aliphatic imine (C=N–C) groups is 1. The summed E-state index contributed by atoms with van der Waals surface area (Å²) in [5, 5.41) is 9.40. The van der Waals surface area contributed by atoms with Crippen molar-refractivity contribution >= 4 is 32.7 Å². The minimum Gasteiger partial charge on any atom is -0.333 e. The van der Waals surface area contributed by atoms with Gasteiger partial charge in [-0.15, -0.1) is 11.6 Å². The quantitative estimate of drug-likeness (QED) is 0.230. The molecular weight excluding hydrogens is 261 g/mol. The first kappa shape index (κ1) is 14.8. The van der Waals surface area contributed by atoms with E-state index in [-0.39, 0.29) is 11.5 Å². The molecule has 5 nitrogen and oxygen atoms in total. The van der Waals surface area contributed by atoms with Crippen LogP contribution in [0.3, 0.4) is 0 Å². The molecule has 17 heavy (non-hydrogen) atoms. The first-order valence-corrected chi connectivity index (χ1v) is 7.42. The smallest absolute Gasteiger partial charge is 0.285 e. The zero-order valence-corrected chi connectivity index (χ0v) is 11.3. The van der Waals surface area contributed by atoms with Gasteiger partial charge >= 0.3 is 0 Å². The Bertz CT molecular complexity index is 256. The predicted octanol–water partition coefficient (Wildman–Crippen LogP) is 2.43. The Hall–Kier alpha value is -0.220. The van der Waals surface area contributed by atoms with E-state index in [1.54, 1.807) is 0 Å². The summed E-state index contributed by atoms with van der Waals surface area (Å²) in [5.74, 6) is 0. The van der Waals surface area contributed by atoms with Gasteiger partial charge in [0.25, 0.3) is 8.53 Å². The SMILES string of the molecule is N=CCN=CNP(O)O[C@@H]1CCCCCC1Cl. The maximum Gasteiger partial charge on any atom is 0.285 e. The molecule has 1 rings (SSSR count). The van der Waals surface area contributed by atoms with E-state index >= 15 is 0 Å². The summed E-state index contributed by atoms with van der Waals surface area (Å²) in [5.41, 5.74) is 0. The second kappa shape index (κ2) is 8.81. The van der Waals surface area contributed by atoms with Crippen LogP contribution in [-0.2, 0) is 4.52 Å². The lowest BCUT2D eigenvalue weighted by Crippen LogP contribution is -2.23. The molecule has 0 radical (unpaired) electrons. The number of hydrogen-bond donors (Lipinski definition) is 3. The fourth-order valence-electron chi connectivity index (χ4n) is 1.70. The van der Waals surface area contributed by atoms with Crippen LogP contribution in [0.25, 0.3) is 0 Å². The topological polar surface area (TPSA) is 77.7 Å². The van der Waals surface area contributed by atoms with Gasteiger partial charge in [0.1, 0.15) is 0 Å². The van der Waals surface area contributed by atoms with Gasteiger partial charge in [0, 0.05) is 6.21 Å². The molecule has 98 valence electrons. The lowest BCUT2D eigenvalue weighted by Gasteiger charge is -2.22. The Morgan fingerprint density at radius 3 is 3.00 bits per heavy atom. The van der Waals surface area contributed by atoms with Gasteiger partial charge in [-0.2, -0.15) is 0 Å². The second-order valence-corrected chi connectivity index (χ2v) is 5.47. The van der Waals surface area contributed by atoms with Crippen molar-refractivity contribution in [2.45, 2.75) is 43.6 Å². The van der Waals surface area contributed by atoms with Gasteiger partial charge in [-0.05, 0) is 12.8 Å². The molecule has 3 N–H and O–H groups in total. The highest BCUT2D eigenvalue weighted by atomic mass is 35.5. The van der Waals surface area contributed by atoms with E-state index in [4.69, 9.17) is 21.5 Å². The number of nitrogens with one attached hydrogen (secondary N) is 2. The maximum atomic E-state index is 9.63. The lowest BCUT2D eigenvalue weighted by atomic mass is 10.1. The molecule has 0 aromatic rings. The van der Waals surface area contributed by atoms with Crippen molar-refractivity contribution in [3.63, 3.8) is 0 Å². The molecule has 0 heterocycles. The van der Waals surface area contributed by atoms with Gasteiger partial charge in [0.05, 0.1) is 24.4 Å². The van der Waals surface area contributed by atoms with E-state index in [2.05, 4.69) is 10.1 Å². The van der Waals surface area contributed by atoms with Gasteiger partial charge in [-0.25, -0.2) is 0 Å². The summed E-state index contributed by atoms with van der Waals surface area (Å²) in [7, 11) is -1.72. The predicted molar refractivity (Wildman–Crippen MR) is 72.0 cm³/mol. The van der Waals surface area contributed by atoms with Crippen molar-refractivity contribution in [2.75, 3.05) is 6.54 Å². The standard InChI is InChI=1S/C10H19ClN3O2P/c11-9-4-2-1-3-5-10(9)16-17(15)14-8-13-7-6-12/h6,8-10,12,15H,1-5,7H2,(H,13,14)/t9?,10-,17?/m1/s1. The average molecular weight is 280 g/mol. The number of rotatable bonds is 6. The highest BCUT2D eigenvalue weighted by molar-refractivity contribution is 7.44. The van der Waals surface area contributed by atoms with E-state index in [1.165, 1.54) is 19.0 Å². The Morgan fingerprint density at radius 1 is 1.47 bits per heavy atom. The summed E-state index contributed by atoms with van der Waals surface area (Å²) < 4.78 is 5.49. The van der Waals surface area contributed by atoms with Gasteiger partial charge < -0.3 is 19.9 Å². The monoisotopic (exact) mass is 279 g/mol. The molecule has 1 saturated carbocycles. The van der Waals surface area contributed by atoms with Crippen LogP contribution in [0.15, 0.2) is 4.99 Å². The van der Waals surface area contributed by atoms with Crippen LogP contribution in [0.1, 0.15) is 32.1 Å². The molecule has 0 spiro atoms. The fraction of sp³-hybridized carbons (Fsp3) is 0.800. The molecule has 1 fully saturated rings. The molecule has 0 aliphatic heterocycles. The highest BCUT2D eigenvalue weighted by Crippen LogP contribution is 2.34. The molecule has 1 aliphatic carbocycles. The minimum absolute atomic E-state index is 0.0186. The summed E-state index contributed by atoms with van der Waals surface area (Å²) in [6.07, 6.45) is 7.71. The molecule has 2 unspecified atom stereocenters. The molecule has 0 aromatic heterocycles. The molecule has 0 saturated heterocycles. The number of hydrogen-bond acceptors (Lipinski definition) is 4. The van der Waals surface area contributed by atoms with Crippen molar-refractivity contribution in [2.24, 2.45) is 4.99 Å². The van der Waals surface area contributed by atoms with E-state index in [0.717, 1.165) is 25.7 Å². The lowest BCUT2D eigenvalue weighted by molar-refractivity contribution is 0.186. The summed E-state index contributed by atoms with van der Waals surface area (Å²) in [6.45, 7) is 0.303. The Morgan fingerprint density at radius 2 is 2.24 bits per heavy atom. The first-order valence-electron chi connectivity index (χ1n) is 5.77. The summed E-state index contributed by atoms with van der Waals surface area (Å²) >= 11 is 6.20. The third-order valence-corrected chi connectivity index (χ3v) is 3.87. The van der Waals surface area contributed by atoms with Crippen LogP contribution in [0.4, 0.5) is 0 Å². The van der Waals surface area contributed by atoms with Crippen molar-refractivity contribution in [1.82, 2.24) is 5.09 Å². The van der Waals surface area contributed by atoms with Crippen molar-refractivity contribution in [3.8, 4) is 0 Å². The number of halogens is 1. The molecular formula is C10H19ClN3O2P. The maximum absolute atomic E-state index is 9.63. The van der Waals surface area contributed by atoms with E-state index in [9.17, 15) is 4.89 Å². The van der Waals surface area contributed by atoms with Crippen molar-refractivity contribution in [3.05, 3.63) is 0 Å². The van der Waals surface area contributed by atoms with Crippen LogP contribution in [0.2, 0.25) is 0 Å². The van der Waals surface area contributed by atoms with E-state index in [0.29, 0.717) is 6.54 Å². The second-order valence-electron chi connectivity index (χ2n) is 3.90. The summed E-state index contributed by atoms with van der Waals surface area (Å²) in [6, 6.07) is 0. The fourth-order valence-corrected chi connectivity index (χ4v) is 2.85. The Balaban J connectivity index is 2.27. The molecule has 0 amide bonds. The Kier molecular flexibility index (Phi) is 7.69. The first-order chi connectivity index (χ1) is 8.24. The van der Waals surface area contributed by atoms with Crippen LogP contribution < -0.4 is 5.09 Å². The minimum atomic E-state index is -1.72. The molecule has 0 bridgehead atoms. The van der Waals surface area contributed by atoms with Crippen molar-refractivity contribution in [1.29, 1.82) is 5.41 Å². The van der Waals surface area contributed by atoms with E-state index in [1.807, 2.05) is 0 Å². The molecule has 0 aromatic carbocycles. The van der Waals surface area contributed by atoms with Gasteiger partial charge in [0.2, 0.25) is 0 Å². The third kappa shape index (κ3) is 6.32. The van der Waals surface area contributed by atoms with Crippen LogP contribution in [0.5, 0.6) is 0 Å². The zero-order valence-electron chi connectivity index (χ0n) is 9.68. The Labute approximate surface area is 108 Å². The molecule has 3 atom stereocenters. The zero-order chi connectivity index (χ0) is 12.5. The van der Waals surface area contributed by atoms with Crippen LogP contribution in [-0.4, -0.2) is 35.5 Å². The van der Waals surface area contributed by atoms with Gasteiger partial charge in [-0.3, -0.25) is 4.99 Å². The summed E-state index contributed by atoms with van der Waals surface area (Å²) in [4.78, 5) is 13.5. The third-order valence-electron chi connectivity index (χ3n) is 2.56. The molecule has 1 aliphatic rings. The molecule has 7 heteroatoms. The largest absolute Gasteiger partial charge is 0.333 e. The van der Waals surface area contributed by atoms with Crippen LogP contribution in [0, 0.1) is 5.41 Å². The highest BCUT2D eigenvalue weighted by Gasteiger charge is 2.25. The van der Waals surface area contributed by atoms with Gasteiger partial charge in [0.15, 0.2) is 0 Å².